The molecule has 5 heteroatoms. The molecule has 4 nitrogen and oxygen atoms in total. The van der Waals surface area contributed by atoms with Crippen molar-refractivity contribution >= 4 is 17.4 Å². The van der Waals surface area contributed by atoms with Crippen molar-refractivity contribution in [1.29, 1.82) is 0 Å². The van der Waals surface area contributed by atoms with Crippen LogP contribution < -0.4 is 16.0 Å². The van der Waals surface area contributed by atoms with Gasteiger partial charge in [0, 0.05) is 0 Å². The SMILES string of the molecule is Cc1ccc(OCc2nc(NN)ccc2Cl)cc1C. The molecule has 0 spiro atoms. The number of nitrogens with two attached hydrogens (primary N) is 1. The molecule has 0 saturated heterocycles. The van der Waals surface area contributed by atoms with E-state index >= 15 is 0 Å². The molecular weight excluding hydrogens is 262 g/mol. The van der Waals surface area contributed by atoms with Crippen LogP contribution in [0.25, 0.3) is 0 Å². The van der Waals surface area contributed by atoms with Gasteiger partial charge < -0.3 is 10.2 Å². The number of benzene rings is 1. The molecule has 0 saturated carbocycles. The second-order valence-corrected chi connectivity index (χ2v) is 4.71. The molecular formula is C14H16ClN3O. The van der Waals surface area contributed by atoms with E-state index in [1.165, 1.54) is 11.1 Å². The molecule has 0 aliphatic carbocycles. The van der Waals surface area contributed by atoms with E-state index in [4.69, 9.17) is 22.2 Å². The third-order valence-corrected chi connectivity index (χ3v) is 3.26. The van der Waals surface area contributed by atoms with Crippen LogP contribution >= 0.6 is 11.6 Å². The molecule has 0 fully saturated rings. The second-order valence-electron chi connectivity index (χ2n) is 4.30. The number of nitrogen functional groups attached to an aromatic ring is 1. The predicted molar refractivity (Wildman–Crippen MR) is 77.3 cm³/mol. The van der Waals surface area contributed by atoms with E-state index in [1.807, 2.05) is 25.1 Å². The van der Waals surface area contributed by atoms with Crippen molar-refractivity contribution in [1.82, 2.24) is 4.98 Å². The Morgan fingerprint density at radius 3 is 2.68 bits per heavy atom. The Kier molecular flexibility index (Phi) is 4.24. The molecule has 2 aromatic rings. The van der Waals surface area contributed by atoms with Gasteiger partial charge in [0.1, 0.15) is 18.2 Å². The van der Waals surface area contributed by atoms with Gasteiger partial charge in [-0.2, -0.15) is 0 Å². The van der Waals surface area contributed by atoms with Crippen LogP contribution in [0.1, 0.15) is 16.8 Å². The number of aromatic nitrogens is 1. The van der Waals surface area contributed by atoms with Crippen molar-refractivity contribution in [3.8, 4) is 5.75 Å². The summed E-state index contributed by atoms with van der Waals surface area (Å²) in [7, 11) is 0. The van der Waals surface area contributed by atoms with Gasteiger partial charge in [0.2, 0.25) is 0 Å². The highest BCUT2D eigenvalue weighted by molar-refractivity contribution is 6.31. The summed E-state index contributed by atoms with van der Waals surface area (Å²) < 4.78 is 5.69. The van der Waals surface area contributed by atoms with Crippen LogP contribution in [0.2, 0.25) is 5.02 Å². The van der Waals surface area contributed by atoms with Crippen LogP contribution in [-0.2, 0) is 6.61 Å². The van der Waals surface area contributed by atoms with Crippen LogP contribution in [-0.4, -0.2) is 4.98 Å². The minimum absolute atomic E-state index is 0.302. The first kappa shape index (κ1) is 13.6. The van der Waals surface area contributed by atoms with E-state index in [0.29, 0.717) is 23.1 Å². The van der Waals surface area contributed by atoms with Crippen molar-refractivity contribution in [3.63, 3.8) is 0 Å². The lowest BCUT2D eigenvalue weighted by Crippen LogP contribution is -2.10. The minimum atomic E-state index is 0.302. The molecule has 1 heterocycles. The molecule has 100 valence electrons. The summed E-state index contributed by atoms with van der Waals surface area (Å²) in [6.07, 6.45) is 0. The van der Waals surface area contributed by atoms with Gasteiger partial charge in [-0.25, -0.2) is 10.8 Å². The standard InChI is InChI=1S/C14H16ClN3O/c1-9-3-4-11(7-10(9)2)19-8-13-12(15)5-6-14(17-13)18-16/h3-7H,8,16H2,1-2H3,(H,17,18). The lowest BCUT2D eigenvalue weighted by atomic mass is 10.1. The van der Waals surface area contributed by atoms with Gasteiger partial charge in [-0.1, -0.05) is 17.7 Å². The average Bonchev–Trinajstić information content (AvgIpc) is 2.41. The highest BCUT2D eigenvalue weighted by Crippen LogP contribution is 2.21. The van der Waals surface area contributed by atoms with Crippen LogP contribution in [0.5, 0.6) is 5.75 Å². The zero-order valence-electron chi connectivity index (χ0n) is 10.9. The van der Waals surface area contributed by atoms with Gasteiger partial charge in [0.15, 0.2) is 0 Å². The monoisotopic (exact) mass is 277 g/mol. The maximum Gasteiger partial charge on any atom is 0.140 e. The zero-order chi connectivity index (χ0) is 13.8. The minimum Gasteiger partial charge on any atom is -0.487 e. The first-order valence-corrected chi connectivity index (χ1v) is 6.30. The Bertz CT molecular complexity index is 587. The van der Waals surface area contributed by atoms with E-state index in [9.17, 15) is 0 Å². The predicted octanol–water partition coefficient (Wildman–Crippen LogP) is 3.22. The van der Waals surface area contributed by atoms with E-state index in [0.717, 1.165) is 5.75 Å². The molecule has 1 aromatic carbocycles. The molecule has 0 bridgehead atoms. The molecule has 0 amide bonds. The van der Waals surface area contributed by atoms with Gasteiger partial charge in [-0.05, 0) is 49.2 Å². The molecule has 0 atom stereocenters. The number of hydrogen-bond acceptors (Lipinski definition) is 4. The second kappa shape index (κ2) is 5.91. The van der Waals surface area contributed by atoms with E-state index in [2.05, 4.69) is 17.3 Å². The lowest BCUT2D eigenvalue weighted by Gasteiger charge is -2.10. The number of halogens is 1. The van der Waals surface area contributed by atoms with Crippen LogP contribution in [0.3, 0.4) is 0 Å². The summed E-state index contributed by atoms with van der Waals surface area (Å²) in [5, 5.41) is 0.558. The molecule has 0 unspecified atom stereocenters. The first-order valence-electron chi connectivity index (χ1n) is 5.92. The fraction of sp³-hybridized carbons (Fsp3) is 0.214. The Hall–Kier alpha value is -1.78. The largest absolute Gasteiger partial charge is 0.487 e. The van der Waals surface area contributed by atoms with Crippen molar-refractivity contribution in [3.05, 3.63) is 52.2 Å². The van der Waals surface area contributed by atoms with Crippen LogP contribution in [0, 0.1) is 13.8 Å². The van der Waals surface area contributed by atoms with E-state index < -0.39 is 0 Å². The fourth-order valence-electron chi connectivity index (χ4n) is 1.62. The summed E-state index contributed by atoms with van der Waals surface area (Å²) in [4.78, 5) is 4.25. The summed E-state index contributed by atoms with van der Waals surface area (Å²) >= 11 is 6.06. The van der Waals surface area contributed by atoms with Gasteiger partial charge in [0.25, 0.3) is 0 Å². The van der Waals surface area contributed by atoms with Gasteiger partial charge in [-0.3, -0.25) is 0 Å². The third-order valence-electron chi connectivity index (χ3n) is 2.92. The lowest BCUT2D eigenvalue weighted by molar-refractivity contribution is 0.301. The molecule has 19 heavy (non-hydrogen) atoms. The van der Waals surface area contributed by atoms with Crippen LogP contribution in [0.15, 0.2) is 30.3 Å². The number of hydrogen-bond donors (Lipinski definition) is 2. The van der Waals surface area contributed by atoms with Crippen molar-refractivity contribution in [2.45, 2.75) is 20.5 Å². The number of ether oxygens (including phenoxy) is 1. The van der Waals surface area contributed by atoms with Crippen LogP contribution in [0.4, 0.5) is 5.82 Å². The summed E-state index contributed by atoms with van der Waals surface area (Å²) in [5.41, 5.74) is 5.56. The Balaban J connectivity index is 2.11. The first-order chi connectivity index (χ1) is 9.10. The Labute approximate surface area is 117 Å². The number of hydrazine groups is 1. The van der Waals surface area contributed by atoms with Crippen molar-refractivity contribution in [2.75, 3.05) is 5.43 Å². The Morgan fingerprint density at radius 1 is 1.21 bits per heavy atom. The molecule has 2 rings (SSSR count). The summed E-state index contributed by atoms with van der Waals surface area (Å²) in [6, 6.07) is 9.40. The smallest absolute Gasteiger partial charge is 0.140 e. The molecule has 0 aliphatic rings. The number of aryl methyl sites for hydroxylation is 2. The molecule has 1 aromatic heterocycles. The maximum absolute atomic E-state index is 6.06. The number of nitrogens with one attached hydrogen (secondary N) is 1. The maximum atomic E-state index is 6.06. The Morgan fingerprint density at radius 2 is 2.00 bits per heavy atom. The normalized spacial score (nSPS) is 10.3. The zero-order valence-corrected chi connectivity index (χ0v) is 11.7. The average molecular weight is 278 g/mol. The summed E-state index contributed by atoms with van der Waals surface area (Å²) in [5.74, 6) is 6.67. The number of nitrogens with zero attached hydrogens (tertiary/aromatic N) is 1. The van der Waals surface area contributed by atoms with E-state index in [1.54, 1.807) is 12.1 Å². The molecule has 0 aliphatic heterocycles. The number of anilines is 1. The van der Waals surface area contributed by atoms with Gasteiger partial charge >= 0.3 is 0 Å². The number of pyridine rings is 1. The van der Waals surface area contributed by atoms with Gasteiger partial charge in [0.05, 0.1) is 10.7 Å². The fourth-order valence-corrected chi connectivity index (χ4v) is 1.78. The number of rotatable bonds is 4. The van der Waals surface area contributed by atoms with Crippen molar-refractivity contribution < 1.29 is 4.74 Å². The van der Waals surface area contributed by atoms with Crippen molar-refractivity contribution in [2.24, 2.45) is 5.84 Å². The molecule has 0 radical (unpaired) electrons. The van der Waals surface area contributed by atoms with E-state index in [-0.39, 0.29) is 0 Å². The topological polar surface area (TPSA) is 60.2 Å². The highest BCUT2D eigenvalue weighted by atomic mass is 35.5. The highest BCUT2D eigenvalue weighted by Gasteiger charge is 2.05. The quantitative estimate of drug-likeness (QED) is 0.665. The summed E-state index contributed by atoms with van der Waals surface area (Å²) in [6.45, 7) is 4.41. The third kappa shape index (κ3) is 3.36. The van der Waals surface area contributed by atoms with Gasteiger partial charge in [-0.15, -0.1) is 0 Å². The molecule has 3 N–H and O–H groups in total.